The summed E-state index contributed by atoms with van der Waals surface area (Å²) in [6, 6.07) is 18.8. The second-order valence-corrected chi connectivity index (χ2v) is 5.96. The van der Waals surface area contributed by atoms with Gasteiger partial charge in [-0.1, -0.05) is 24.3 Å². The average Bonchev–Trinajstić information content (AvgIpc) is 2.63. The van der Waals surface area contributed by atoms with Crippen molar-refractivity contribution in [2.45, 2.75) is 6.54 Å². The summed E-state index contributed by atoms with van der Waals surface area (Å²) in [6.45, 7) is 0.418. The summed E-state index contributed by atoms with van der Waals surface area (Å²) < 4.78 is 6.76. The first kappa shape index (κ1) is 16.2. The Labute approximate surface area is 148 Å². The van der Waals surface area contributed by atoms with E-state index >= 15 is 0 Å². The molecule has 1 aromatic heterocycles. The van der Waals surface area contributed by atoms with E-state index < -0.39 is 0 Å². The Balaban J connectivity index is 1.65. The van der Waals surface area contributed by atoms with Crippen molar-refractivity contribution in [3.63, 3.8) is 0 Å². The molecule has 24 heavy (non-hydrogen) atoms. The third-order valence-electron chi connectivity index (χ3n) is 3.34. The lowest BCUT2D eigenvalue weighted by Crippen LogP contribution is -2.22. The summed E-state index contributed by atoms with van der Waals surface area (Å²) >= 11 is 3.46. The minimum Gasteiger partial charge on any atom is -0.456 e. The lowest BCUT2D eigenvalue weighted by atomic mass is 10.2. The summed E-state index contributed by atoms with van der Waals surface area (Å²) in [6.07, 6.45) is 3.18. The van der Waals surface area contributed by atoms with Crippen LogP contribution >= 0.6 is 15.9 Å². The third-order valence-corrected chi connectivity index (χ3v) is 3.99. The second kappa shape index (κ2) is 7.75. The zero-order chi connectivity index (χ0) is 16.8. The molecule has 120 valence electrons. The molecule has 0 aliphatic carbocycles. The first-order valence-electron chi connectivity index (χ1n) is 7.42. The summed E-state index contributed by atoms with van der Waals surface area (Å²) in [7, 11) is 0. The Morgan fingerprint density at radius 2 is 1.96 bits per heavy atom. The van der Waals surface area contributed by atoms with Gasteiger partial charge in [0.15, 0.2) is 0 Å². The highest BCUT2D eigenvalue weighted by Gasteiger charge is 2.06. The van der Waals surface area contributed by atoms with E-state index in [0.717, 1.165) is 21.5 Å². The van der Waals surface area contributed by atoms with Crippen molar-refractivity contribution < 1.29 is 9.53 Å². The van der Waals surface area contributed by atoms with Crippen LogP contribution in [0, 0.1) is 0 Å². The SMILES string of the molecule is O=C(NCc1cccc(Oc2ccccc2Br)c1)c1cccnc1. The fourth-order valence-corrected chi connectivity index (χ4v) is 2.52. The van der Waals surface area contributed by atoms with Crippen LogP contribution in [-0.4, -0.2) is 10.9 Å². The number of halogens is 1. The maximum atomic E-state index is 12.1. The Hall–Kier alpha value is -2.66. The van der Waals surface area contributed by atoms with E-state index in [9.17, 15) is 4.79 Å². The Kier molecular flexibility index (Phi) is 5.23. The number of nitrogens with one attached hydrogen (secondary N) is 1. The van der Waals surface area contributed by atoms with Gasteiger partial charge in [0.25, 0.3) is 5.91 Å². The van der Waals surface area contributed by atoms with Crippen LogP contribution in [0.3, 0.4) is 0 Å². The molecule has 0 saturated heterocycles. The molecule has 1 N–H and O–H groups in total. The van der Waals surface area contributed by atoms with E-state index in [1.807, 2.05) is 48.5 Å². The number of para-hydroxylation sites is 1. The van der Waals surface area contributed by atoms with E-state index in [-0.39, 0.29) is 5.91 Å². The summed E-state index contributed by atoms with van der Waals surface area (Å²) in [5.74, 6) is 1.31. The van der Waals surface area contributed by atoms with Gasteiger partial charge in [0, 0.05) is 18.9 Å². The zero-order valence-electron chi connectivity index (χ0n) is 12.8. The largest absolute Gasteiger partial charge is 0.456 e. The van der Waals surface area contributed by atoms with Crippen molar-refractivity contribution >= 4 is 21.8 Å². The van der Waals surface area contributed by atoms with Gasteiger partial charge < -0.3 is 10.1 Å². The molecule has 0 fully saturated rings. The fourth-order valence-electron chi connectivity index (χ4n) is 2.15. The number of benzene rings is 2. The van der Waals surface area contributed by atoms with Crippen molar-refractivity contribution in [3.8, 4) is 11.5 Å². The molecule has 0 bridgehead atoms. The number of nitrogens with zero attached hydrogens (tertiary/aromatic N) is 1. The summed E-state index contributed by atoms with van der Waals surface area (Å²) in [4.78, 5) is 16.0. The third kappa shape index (κ3) is 4.20. The highest BCUT2D eigenvalue weighted by molar-refractivity contribution is 9.10. The van der Waals surface area contributed by atoms with Crippen LogP contribution in [0.1, 0.15) is 15.9 Å². The molecule has 1 amide bonds. The standard InChI is InChI=1S/C19H15BrN2O2/c20-17-8-1-2-9-18(17)24-16-7-3-5-14(11-16)12-22-19(23)15-6-4-10-21-13-15/h1-11,13H,12H2,(H,22,23). The van der Waals surface area contributed by atoms with Gasteiger partial charge in [0.05, 0.1) is 10.0 Å². The number of rotatable bonds is 5. The van der Waals surface area contributed by atoms with Crippen LogP contribution in [-0.2, 0) is 6.54 Å². The number of aromatic nitrogens is 1. The maximum Gasteiger partial charge on any atom is 0.253 e. The number of pyridine rings is 1. The number of carbonyl (C=O) groups is 1. The molecule has 0 atom stereocenters. The van der Waals surface area contributed by atoms with Gasteiger partial charge in [0.2, 0.25) is 0 Å². The van der Waals surface area contributed by atoms with Crippen molar-refractivity contribution in [2.75, 3.05) is 0 Å². The Morgan fingerprint density at radius 1 is 1.08 bits per heavy atom. The maximum absolute atomic E-state index is 12.1. The predicted molar refractivity (Wildman–Crippen MR) is 96.1 cm³/mol. The summed E-state index contributed by atoms with van der Waals surface area (Å²) in [5.41, 5.74) is 1.50. The Morgan fingerprint density at radius 3 is 2.75 bits per heavy atom. The van der Waals surface area contributed by atoms with E-state index in [4.69, 9.17) is 4.74 Å². The minimum atomic E-state index is -0.153. The first-order chi connectivity index (χ1) is 11.7. The van der Waals surface area contributed by atoms with Gasteiger partial charge in [0.1, 0.15) is 11.5 Å². The van der Waals surface area contributed by atoms with Gasteiger partial charge in [-0.2, -0.15) is 0 Å². The van der Waals surface area contributed by atoms with E-state index in [0.29, 0.717) is 12.1 Å². The molecule has 0 unspecified atom stereocenters. The quantitative estimate of drug-likeness (QED) is 0.703. The normalized spacial score (nSPS) is 10.2. The van der Waals surface area contributed by atoms with Crippen molar-refractivity contribution in [1.82, 2.24) is 10.3 Å². The molecule has 1 heterocycles. The number of hydrogen-bond acceptors (Lipinski definition) is 3. The second-order valence-electron chi connectivity index (χ2n) is 5.10. The van der Waals surface area contributed by atoms with Gasteiger partial charge >= 0.3 is 0 Å². The highest BCUT2D eigenvalue weighted by atomic mass is 79.9. The molecule has 0 saturated carbocycles. The zero-order valence-corrected chi connectivity index (χ0v) is 14.4. The average molecular weight is 383 g/mol. The molecular weight excluding hydrogens is 368 g/mol. The van der Waals surface area contributed by atoms with Crippen molar-refractivity contribution in [3.05, 3.63) is 88.7 Å². The van der Waals surface area contributed by atoms with Gasteiger partial charge in [-0.15, -0.1) is 0 Å². The van der Waals surface area contributed by atoms with Gasteiger partial charge in [-0.3, -0.25) is 9.78 Å². The number of hydrogen-bond donors (Lipinski definition) is 1. The molecule has 0 spiro atoms. The topological polar surface area (TPSA) is 51.2 Å². The van der Waals surface area contributed by atoms with Crippen LogP contribution in [0.2, 0.25) is 0 Å². The number of carbonyl (C=O) groups excluding carboxylic acids is 1. The molecule has 5 heteroatoms. The van der Waals surface area contributed by atoms with Crippen LogP contribution in [0.5, 0.6) is 11.5 Å². The van der Waals surface area contributed by atoms with Crippen LogP contribution in [0.15, 0.2) is 77.5 Å². The molecule has 0 radical (unpaired) electrons. The van der Waals surface area contributed by atoms with E-state index in [1.165, 1.54) is 0 Å². The van der Waals surface area contributed by atoms with Gasteiger partial charge in [-0.05, 0) is 57.9 Å². The highest BCUT2D eigenvalue weighted by Crippen LogP contribution is 2.29. The smallest absolute Gasteiger partial charge is 0.253 e. The minimum absolute atomic E-state index is 0.153. The van der Waals surface area contributed by atoms with Crippen LogP contribution in [0.4, 0.5) is 0 Å². The Bertz CT molecular complexity index is 838. The molecule has 3 aromatic rings. The van der Waals surface area contributed by atoms with Gasteiger partial charge in [-0.25, -0.2) is 0 Å². The number of ether oxygens (including phenoxy) is 1. The monoisotopic (exact) mass is 382 g/mol. The fraction of sp³-hybridized carbons (Fsp3) is 0.0526. The molecule has 2 aromatic carbocycles. The molecular formula is C19H15BrN2O2. The lowest BCUT2D eigenvalue weighted by molar-refractivity contribution is 0.0950. The molecule has 4 nitrogen and oxygen atoms in total. The van der Waals surface area contributed by atoms with E-state index in [2.05, 4.69) is 26.2 Å². The molecule has 0 aliphatic heterocycles. The van der Waals surface area contributed by atoms with Crippen molar-refractivity contribution in [1.29, 1.82) is 0 Å². The summed E-state index contributed by atoms with van der Waals surface area (Å²) in [5, 5.41) is 2.87. The molecule has 0 aliphatic rings. The van der Waals surface area contributed by atoms with Crippen LogP contribution in [0.25, 0.3) is 0 Å². The van der Waals surface area contributed by atoms with E-state index in [1.54, 1.807) is 24.5 Å². The predicted octanol–water partition coefficient (Wildman–Crippen LogP) is 4.57. The first-order valence-corrected chi connectivity index (χ1v) is 8.21. The van der Waals surface area contributed by atoms with Crippen molar-refractivity contribution in [2.24, 2.45) is 0 Å². The lowest BCUT2D eigenvalue weighted by Gasteiger charge is -2.10. The molecule has 3 rings (SSSR count). The van der Waals surface area contributed by atoms with Crippen LogP contribution < -0.4 is 10.1 Å². The number of amides is 1.